The van der Waals surface area contributed by atoms with E-state index in [1.54, 1.807) is 31.2 Å². The number of fused-ring (bicyclic) bond motifs is 1. The summed E-state index contributed by atoms with van der Waals surface area (Å²) in [5.41, 5.74) is 2.24. The van der Waals surface area contributed by atoms with Crippen LogP contribution in [-0.2, 0) is 0 Å². The molecule has 0 saturated heterocycles. The monoisotopic (exact) mass is 327 g/mol. The molecule has 1 amide bonds. The van der Waals surface area contributed by atoms with Crippen molar-refractivity contribution in [1.29, 1.82) is 0 Å². The number of nitrogens with one attached hydrogen (secondary N) is 1. The quantitative estimate of drug-likeness (QED) is 0.746. The highest BCUT2D eigenvalue weighted by molar-refractivity contribution is 6.06. The number of rotatable bonds is 4. The lowest BCUT2D eigenvalue weighted by Crippen LogP contribution is -2.12. The average molecular weight is 327 g/mol. The van der Waals surface area contributed by atoms with Gasteiger partial charge in [0.1, 0.15) is 17.1 Å². The van der Waals surface area contributed by atoms with Crippen LogP contribution in [0.25, 0.3) is 11.0 Å². The molecule has 5 heteroatoms. The Morgan fingerprint density at radius 1 is 1.21 bits per heavy atom. The Morgan fingerprint density at radius 2 is 2.00 bits per heavy atom. The smallest absolute Gasteiger partial charge is 0.291 e. The maximum absolute atomic E-state index is 13.6. The summed E-state index contributed by atoms with van der Waals surface area (Å²) in [6.07, 6.45) is 0. The second-order valence-corrected chi connectivity index (χ2v) is 5.57. The normalized spacial score (nSPS) is 10.8. The first-order valence-electron chi connectivity index (χ1n) is 7.73. The van der Waals surface area contributed by atoms with E-state index in [2.05, 4.69) is 5.32 Å². The number of halogens is 1. The Hall–Kier alpha value is -2.82. The molecule has 0 spiro atoms. The largest absolute Gasteiger partial charge is 0.494 e. The number of anilines is 1. The van der Waals surface area contributed by atoms with Gasteiger partial charge in [-0.2, -0.15) is 0 Å². The zero-order valence-electron chi connectivity index (χ0n) is 13.8. The first-order valence-corrected chi connectivity index (χ1v) is 7.73. The van der Waals surface area contributed by atoms with E-state index in [-0.39, 0.29) is 11.6 Å². The average Bonchev–Trinajstić information content (AvgIpc) is 2.88. The van der Waals surface area contributed by atoms with Gasteiger partial charge in [0.25, 0.3) is 5.91 Å². The van der Waals surface area contributed by atoms with Crippen molar-refractivity contribution in [3.63, 3.8) is 0 Å². The van der Waals surface area contributed by atoms with Crippen LogP contribution in [-0.4, -0.2) is 12.5 Å². The molecule has 0 aliphatic heterocycles. The molecule has 0 fully saturated rings. The Bertz CT molecular complexity index is 914. The number of carbonyl (C=O) groups is 1. The van der Waals surface area contributed by atoms with Crippen molar-refractivity contribution in [3.05, 3.63) is 59.1 Å². The number of benzene rings is 2. The van der Waals surface area contributed by atoms with Crippen molar-refractivity contribution in [2.24, 2.45) is 0 Å². The third kappa shape index (κ3) is 2.97. The molecule has 24 heavy (non-hydrogen) atoms. The van der Waals surface area contributed by atoms with Gasteiger partial charge < -0.3 is 14.5 Å². The standard InChI is InChI=1S/C19H18FNO3/c1-4-23-14-7-8-17-15(10-14)12(3)18(24-17)19(22)21-13-6-5-11(2)16(20)9-13/h5-10H,4H2,1-3H3,(H,21,22). The van der Waals surface area contributed by atoms with Gasteiger partial charge in [0.15, 0.2) is 5.76 Å². The maximum atomic E-state index is 13.6. The Morgan fingerprint density at radius 3 is 2.71 bits per heavy atom. The molecule has 3 aromatic rings. The summed E-state index contributed by atoms with van der Waals surface area (Å²) in [6.45, 7) is 5.95. The van der Waals surface area contributed by atoms with Crippen molar-refractivity contribution in [3.8, 4) is 5.75 Å². The van der Waals surface area contributed by atoms with Crippen LogP contribution in [0.5, 0.6) is 5.75 Å². The van der Waals surface area contributed by atoms with E-state index < -0.39 is 5.91 Å². The fourth-order valence-electron chi connectivity index (χ4n) is 2.53. The van der Waals surface area contributed by atoms with E-state index in [9.17, 15) is 9.18 Å². The van der Waals surface area contributed by atoms with Crippen molar-refractivity contribution in [2.75, 3.05) is 11.9 Å². The number of aryl methyl sites for hydroxylation is 2. The highest BCUT2D eigenvalue weighted by Crippen LogP contribution is 2.29. The van der Waals surface area contributed by atoms with Crippen LogP contribution >= 0.6 is 0 Å². The van der Waals surface area contributed by atoms with Gasteiger partial charge in [0.05, 0.1) is 6.61 Å². The summed E-state index contributed by atoms with van der Waals surface area (Å²) in [5.74, 6) is 0.154. The predicted octanol–water partition coefficient (Wildman–Crippen LogP) is 4.84. The molecule has 124 valence electrons. The summed E-state index contributed by atoms with van der Waals surface area (Å²) in [4.78, 5) is 12.5. The summed E-state index contributed by atoms with van der Waals surface area (Å²) in [7, 11) is 0. The van der Waals surface area contributed by atoms with Gasteiger partial charge in [0.2, 0.25) is 0 Å². The number of carbonyl (C=O) groups excluding carboxylic acids is 1. The molecule has 1 N–H and O–H groups in total. The second-order valence-electron chi connectivity index (χ2n) is 5.57. The van der Waals surface area contributed by atoms with Crippen molar-refractivity contribution in [1.82, 2.24) is 0 Å². The zero-order chi connectivity index (χ0) is 17.3. The Kier molecular flexibility index (Phi) is 4.25. The van der Waals surface area contributed by atoms with Crippen molar-refractivity contribution >= 4 is 22.6 Å². The molecule has 0 radical (unpaired) electrons. The lowest BCUT2D eigenvalue weighted by molar-refractivity contribution is 0.0998. The maximum Gasteiger partial charge on any atom is 0.291 e. The summed E-state index contributed by atoms with van der Waals surface area (Å²) < 4.78 is 24.7. The van der Waals surface area contributed by atoms with Crippen molar-refractivity contribution < 1.29 is 18.3 Å². The van der Waals surface area contributed by atoms with Gasteiger partial charge in [-0.25, -0.2) is 4.39 Å². The molecule has 4 nitrogen and oxygen atoms in total. The summed E-state index contributed by atoms with van der Waals surface area (Å²) >= 11 is 0. The molecule has 0 atom stereocenters. The lowest BCUT2D eigenvalue weighted by atomic mass is 10.1. The SMILES string of the molecule is CCOc1ccc2oc(C(=O)Nc3ccc(C)c(F)c3)c(C)c2c1. The third-order valence-corrected chi connectivity index (χ3v) is 3.85. The van der Waals surface area contributed by atoms with Crippen LogP contribution in [0.4, 0.5) is 10.1 Å². The third-order valence-electron chi connectivity index (χ3n) is 3.85. The van der Waals surface area contributed by atoms with E-state index in [0.29, 0.717) is 23.4 Å². The minimum atomic E-state index is -0.412. The number of ether oxygens (including phenoxy) is 1. The molecule has 0 saturated carbocycles. The van der Waals surface area contributed by atoms with E-state index >= 15 is 0 Å². The molecule has 3 rings (SSSR count). The molecular formula is C19H18FNO3. The van der Waals surface area contributed by atoms with Crippen LogP contribution < -0.4 is 10.1 Å². The van der Waals surface area contributed by atoms with E-state index in [0.717, 1.165) is 16.7 Å². The van der Waals surface area contributed by atoms with Gasteiger partial charge in [-0.15, -0.1) is 0 Å². The zero-order valence-corrected chi connectivity index (χ0v) is 13.8. The molecular weight excluding hydrogens is 309 g/mol. The van der Waals surface area contributed by atoms with Gasteiger partial charge >= 0.3 is 0 Å². The number of hydrogen-bond acceptors (Lipinski definition) is 3. The number of furan rings is 1. The highest BCUT2D eigenvalue weighted by Gasteiger charge is 2.18. The molecule has 2 aromatic carbocycles. The van der Waals surface area contributed by atoms with E-state index in [1.807, 2.05) is 19.9 Å². The van der Waals surface area contributed by atoms with Crippen LogP contribution in [0.15, 0.2) is 40.8 Å². The Labute approximate surface area is 139 Å². The topological polar surface area (TPSA) is 51.5 Å². The first kappa shape index (κ1) is 16.1. The number of amides is 1. The van der Waals surface area contributed by atoms with Crippen LogP contribution in [0, 0.1) is 19.7 Å². The van der Waals surface area contributed by atoms with Crippen LogP contribution in [0.3, 0.4) is 0 Å². The minimum Gasteiger partial charge on any atom is -0.494 e. The fourth-order valence-corrected chi connectivity index (χ4v) is 2.53. The second kappa shape index (κ2) is 6.35. The van der Waals surface area contributed by atoms with Crippen LogP contribution in [0.2, 0.25) is 0 Å². The van der Waals surface area contributed by atoms with Crippen LogP contribution in [0.1, 0.15) is 28.6 Å². The minimum absolute atomic E-state index is 0.208. The number of hydrogen-bond donors (Lipinski definition) is 1. The highest BCUT2D eigenvalue weighted by atomic mass is 19.1. The van der Waals surface area contributed by atoms with E-state index in [1.165, 1.54) is 6.07 Å². The summed E-state index contributed by atoms with van der Waals surface area (Å²) in [6, 6.07) is 9.98. The van der Waals surface area contributed by atoms with Gasteiger partial charge in [-0.05, 0) is 56.7 Å². The summed E-state index contributed by atoms with van der Waals surface area (Å²) in [5, 5.41) is 3.48. The fraction of sp³-hybridized carbons (Fsp3) is 0.211. The Balaban J connectivity index is 1.91. The first-order chi connectivity index (χ1) is 11.5. The van der Waals surface area contributed by atoms with E-state index in [4.69, 9.17) is 9.15 Å². The van der Waals surface area contributed by atoms with Gasteiger partial charge in [-0.1, -0.05) is 6.07 Å². The molecule has 1 aromatic heterocycles. The van der Waals surface area contributed by atoms with Gasteiger partial charge in [0, 0.05) is 16.6 Å². The molecule has 0 aliphatic rings. The molecule has 0 unspecified atom stereocenters. The molecule has 0 aliphatic carbocycles. The van der Waals surface area contributed by atoms with Crippen molar-refractivity contribution in [2.45, 2.75) is 20.8 Å². The lowest BCUT2D eigenvalue weighted by Gasteiger charge is -2.05. The van der Waals surface area contributed by atoms with Gasteiger partial charge in [-0.3, -0.25) is 4.79 Å². The predicted molar refractivity (Wildman–Crippen MR) is 91.2 cm³/mol. The molecule has 0 bridgehead atoms. The molecule has 1 heterocycles.